The largest absolute Gasteiger partial charge is 0.482 e. The lowest BCUT2D eigenvalue weighted by Crippen LogP contribution is -2.39. The number of aromatic nitrogens is 1. The number of rotatable bonds is 5. The van der Waals surface area contributed by atoms with Crippen molar-refractivity contribution in [3.63, 3.8) is 0 Å². The molecule has 0 saturated heterocycles. The molecule has 1 N–H and O–H groups in total. The van der Waals surface area contributed by atoms with Crippen LogP contribution in [0.5, 0.6) is 5.75 Å². The predicted octanol–water partition coefficient (Wildman–Crippen LogP) is 3.49. The highest BCUT2D eigenvalue weighted by Crippen LogP contribution is 2.24. The standard InChI is InChI=1S/C12H9ClF2N2O2S/c13-6-8-7-20-11(16-8)17-10(18)12(14,15)19-9-4-2-1-3-5-9/h1-5,7H,6H2,(H,16,17,18). The van der Waals surface area contributed by atoms with Crippen molar-refractivity contribution in [2.45, 2.75) is 12.0 Å². The molecule has 0 fully saturated rings. The summed E-state index contributed by atoms with van der Waals surface area (Å²) in [7, 11) is 0. The van der Waals surface area contributed by atoms with Gasteiger partial charge in [-0.2, -0.15) is 8.78 Å². The lowest BCUT2D eigenvalue weighted by Gasteiger charge is -2.16. The molecule has 1 aromatic heterocycles. The SMILES string of the molecule is O=C(Nc1nc(CCl)cs1)C(F)(F)Oc1ccccc1. The van der Waals surface area contributed by atoms with Gasteiger partial charge in [-0.15, -0.1) is 22.9 Å². The number of benzene rings is 1. The number of carbonyl (C=O) groups excluding carboxylic acids is 1. The van der Waals surface area contributed by atoms with Crippen LogP contribution in [0.4, 0.5) is 13.9 Å². The van der Waals surface area contributed by atoms with Gasteiger partial charge in [-0.1, -0.05) is 18.2 Å². The molecule has 0 aliphatic heterocycles. The highest BCUT2D eigenvalue weighted by atomic mass is 35.5. The molecule has 4 nitrogen and oxygen atoms in total. The van der Waals surface area contributed by atoms with E-state index >= 15 is 0 Å². The quantitative estimate of drug-likeness (QED) is 0.859. The molecule has 2 rings (SSSR count). The van der Waals surface area contributed by atoms with Gasteiger partial charge < -0.3 is 4.74 Å². The Morgan fingerprint density at radius 2 is 2.10 bits per heavy atom. The van der Waals surface area contributed by atoms with Crippen LogP contribution in [0.3, 0.4) is 0 Å². The number of thiazole rings is 1. The number of carbonyl (C=O) groups is 1. The Labute approximate surface area is 122 Å². The van der Waals surface area contributed by atoms with Crippen LogP contribution in [0.1, 0.15) is 5.69 Å². The minimum Gasteiger partial charge on any atom is -0.425 e. The minimum absolute atomic E-state index is 0.0435. The first kappa shape index (κ1) is 14.7. The molecule has 8 heteroatoms. The van der Waals surface area contributed by atoms with Gasteiger partial charge in [0.1, 0.15) is 5.75 Å². The Morgan fingerprint density at radius 3 is 2.70 bits per heavy atom. The van der Waals surface area contributed by atoms with Gasteiger partial charge in [0.2, 0.25) is 0 Å². The number of hydrogen-bond donors (Lipinski definition) is 1. The van der Waals surface area contributed by atoms with E-state index < -0.39 is 12.0 Å². The van der Waals surface area contributed by atoms with E-state index in [9.17, 15) is 13.6 Å². The van der Waals surface area contributed by atoms with Crippen molar-refractivity contribution in [1.82, 2.24) is 4.98 Å². The first-order valence-corrected chi connectivity index (χ1v) is 6.86. The summed E-state index contributed by atoms with van der Waals surface area (Å²) in [6.07, 6.45) is -3.99. The molecule has 2 aromatic rings. The molecule has 0 radical (unpaired) electrons. The lowest BCUT2D eigenvalue weighted by molar-refractivity contribution is -0.187. The summed E-state index contributed by atoms with van der Waals surface area (Å²) < 4.78 is 31.6. The molecule has 1 heterocycles. The Kier molecular flexibility index (Phi) is 4.51. The van der Waals surface area contributed by atoms with Crippen LogP contribution < -0.4 is 10.1 Å². The first-order valence-electron chi connectivity index (χ1n) is 5.45. The maximum atomic E-state index is 13.6. The Hall–Kier alpha value is -1.73. The molecule has 1 aromatic carbocycles. The first-order chi connectivity index (χ1) is 9.51. The van der Waals surface area contributed by atoms with Gasteiger partial charge in [0.25, 0.3) is 0 Å². The predicted molar refractivity (Wildman–Crippen MR) is 72.3 cm³/mol. The van der Waals surface area contributed by atoms with E-state index in [1.807, 2.05) is 5.32 Å². The van der Waals surface area contributed by atoms with Crippen molar-refractivity contribution >= 4 is 34.0 Å². The van der Waals surface area contributed by atoms with E-state index in [0.717, 1.165) is 11.3 Å². The highest BCUT2D eigenvalue weighted by molar-refractivity contribution is 7.14. The van der Waals surface area contributed by atoms with Gasteiger partial charge in [0, 0.05) is 5.38 Å². The summed E-state index contributed by atoms with van der Waals surface area (Å²) in [5.74, 6) is -1.55. The lowest BCUT2D eigenvalue weighted by atomic mass is 10.3. The number of ether oxygens (including phenoxy) is 1. The van der Waals surface area contributed by atoms with Crippen LogP contribution in [0.15, 0.2) is 35.7 Å². The molecule has 0 aliphatic rings. The van der Waals surface area contributed by atoms with Crippen molar-refractivity contribution in [3.05, 3.63) is 41.4 Å². The molecule has 0 bridgehead atoms. The van der Waals surface area contributed by atoms with E-state index in [0.29, 0.717) is 5.69 Å². The third-order valence-corrected chi connectivity index (χ3v) is 3.24. The Bertz CT molecular complexity index is 592. The maximum Gasteiger partial charge on any atom is 0.482 e. The number of anilines is 1. The second kappa shape index (κ2) is 6.15. The molecular weight excluding hydrogens is 310 g/mol. The highest BCUT2D eigenvalue weighted by Gasteiger charge is 2.42. The zero-order valence-electron chi connectivity index (χ0n) is 9.98. The van der Waals surface area contributed by atoms with Crippen molar-refractivity contribution in [2.24, 2.45) is 0 Å². The number of halogens is 3. The summed E-state index contributed by atoms with van der Waals surface area (Å²) in [5, 5.41) is 3.60. The second-order valence-corrected chi connectivity index (χ2v) is 4.79. The number of nitrogens with zero attached hydrogens (tertiary/aromatic N) is 1. The Balaban J connectivity index is 2.03. The van der Waals surface area contributed by atoms with E-state index in [1.165, 1.54) is 24.3 Å². The fraction of sp³-hybridized carbons (Fsp3) is 0.167. The molecule has 20 heavy (non-hydrogen) atoms. The number of amides is 1. The smallest absolute Gasteiger partial charge is 0.425 e. The van der Waals surface area contributed by atoms with E-state index in [-0.39, 0.29) is 16.8 Å². The molecule has 0 saturated carbocycles. The monoisotopic (exact) mass is 318 g/mol. The fourth-order valence-electron chi connectivity index (χ4n) is 1.28. The van der Waals surface area contributed by atoms with Crippen LogP contribution in [-0.4, -0.2) is 17.0 Å². The average molecular weight is 319 g/mol. The summed E-state index contributed by atoms with van der Waals surface area (Å²) >= 11 is 6.54. The minimum atomic E-state index is -3.99. The molecule has 0 aliphatic carbocycles. The summed E-state index contributed by atoms with van der Waals surface area (Å²) in [5.41, 5.74) is 0.499. The van der Waals surface area contributed by atoms with Gasteiger partial charge in [-0.3, -0.25) is 10.1 Å². The van der Waals surface area contributed by atoms with Crippen LogP contribution >= 0.6 is 22.9 Å². The van der Waals surface area contributed by atoms with Crippen LogP contribution in [0, 0.1) is 0 Å². The van der Waals surface area contributed by atoms with E-state index in [2.05, 4.69) is 9.72 Å². The topological polar surface area (TPSA) is 51.2 Å². The zero-order valence-corrected chi connectivity index (χ0v) is 11.5. The molecule has 0 spiro atoms. The molecule has 0 unspecified atom stereocenters. The summed E-state index contributed by atoms with van der Waals surface area (Å²) in [6.45, 7) is 0. The van der Waals surface area contributed by atoms with Crippen molar-refractivity contribution in [2.75, 3.05) is 5.32 Å². The summed E-state index contributed by atoms with van der Waals surface area (Å²) in [6, 6.07) is 7.36. The molecular formula is C12H9ClF2N2O2S. The second-order valence-electron chi connectivity index (χ2n) is 3.66. The van der Waals surface area contributed by atoms with Gasteiger partial charge >= 0.3 is 12.0 Å². The van der Waals surface area contributed by atoms with Crippen LogP contribution in [-0.2, 0) is 10.7 Å². The molecule has 106 valence electrons. The van der Waals surface area contributed by atoms with Gasteiger partial charge in [0.05, 0.1) is 11.6 Å². The third kappa shape index (κ3) is 3.64. The third-order valence-electron chi connectivity index (χ3n) is 2.16. The zero-order chi connectivity index (χ0) is 14.6. The van der Waals surface area contributed by atoms with Gasteiger partial charge in [-0.05, 0) is 12.1 Å². The van der Waals surface area contributed by atoms with Crippen LogP contribution in [0.25, 0.3) is 0 Å². The molecule has 0 atom stereocenters. The van der Waals surface area contributed by atoms with Crippen molar-refractivity contribution in [3.8, 4) is 5.75 Å². The maximum absolute atomic E-state index is 13.6. The van der Waals surface area contributed by atoms with Crippen LogP contribution in [0.2, 0.25) is 0 Å². The average Bonchev–Trinajstić information content (AvgIpc) is 2.87. The molecule has 1 amide bonds. The van der Waals surface area contributed by atoms with Crippen molar-refractivity contribution in [1.29, 1.82) is 0 Å². The van der Waals surface area contributed by atoms with E-state index in [1.54, 1.807) is 11.4 Å². The number of nitrogens with one attached hydrogen (secondary N) is 1. The number of para-hydroxylation sites is 1. The van der Waals surface area contributed by atoms with Gasteiger partial charge in [0.15, 0.2) is 5.13 Å². The van der Waals surface area contributed by atoms with Gasteiger partial charge in [-0.25, -0.2) is 4.98 Å². The normalized spacial score (nSPS) is 11.2. The fourth-order valence-corrected chi connectivity index (χ4v) is 2.21. The number of hydrogen-bond acceptors (Lipinski definition) is 4. The number of alkyl halides is 3. The Morgan fingerprint density at radius 1 is 1.40 bits per heavy atom. The summed E-state index contributed by atoms with van der Waals surface area (Å²) in [4.78, 5) is 15.3. The van der Waals surface area contributed by atoms with Crippen molar-refractivity contribution < 1.29 is 18.3 Å². The van der Waals surface area contributed by atoms with E-state index in [4.69, 9.17) is 11.6 Å².